The van der Waals surface area contributed by atoms with Crippen LogP contribution in [0.3, 0.4) is 0 Å². The Morgan fingerprint density at radius 3 is 1.12 bits per heavy atom. The molecule has 0 aliphatic carbocycles. The topological polar surface area (TPSA) is 77.8 Å². The average molecular weight is 212 g/mol. The first-order valence-corrected chi connectivity index (χ1v) is 2.35. The van der Waals surface area contributed by atoms with E-state index < -0.39 is 7.82 Å². The first-order chi connectivity index (χ1) is 2.00. The maximum atomic E-state index is 8.88. The molecule has 0 heterocycles. The van der Waals surface area contributed by atoms with Crippen LogP contribution in [0.2, 0.25) is 0 Å². The molecule has 0 spiro atoms. The molecule has 3 N–H and O–H groups in total. The quantitative estimate of drug-likeness (QED) is 0.275. The third-order valence-electron chi connectivity index (χ3n) is 0. The van der Waals surface area contributed by atoms with E-state index in [2.05, 4.69) is 0 Å². The Morgan fingerprint density at radius 2 is 1.12 bits per heavy atom. The number of rotatable bonds is 0. The molecule has 0 aromatic heterocycles. The van der Waals surface area contributed by atoms with E-state index in [9.17, 15) is 0 Å². The van der Waals surface area contributed by atoms with Gasteiger partial charge in [-0.15, -0.1) is 0 Å². The van der Waals surface area contributed by atoms with Crippen LogP contribution in [0, 0.1) is 0 Å². The largest absolute Gasteiger partial charge is 1.00 e. The van der Waals surface area contributed by atoms with Crippen molar-refractivity contribution in [1.82, 2.24) is 0 Å². The molecule has 1 unspecified atom stereocenters. The minimum Gasteiger partial charge on any atom is -1.00 e. The minimum atomic E-state index is -4.64. The third-order valence-corrected chi connectivity index (χ3v) is 0. The van der Waals surface area contributed by atoms with E-state index in [1.54, 1.807) is 0 Å². The van der Waals surface area contributed by atoms with E-state index in [-0.39, 0.29) is 116 Å². The summed E-state index contributed by atoms with van der Waals surface area (Å²) in [5.41, 5.74) is 0. The number of hydrogen-bond donors (Lipinski definition) is 3. The molecule has 8 heavy (non-hydrogen) atoms. The van der Waals surface area contributed by atoms with Crippen molar-refractivity contribution in [3.05, 3.63) is 0 Å². The summed E-state index contributed by atoms with van der Waals surface area (Å²) in [4.78, 5) is 21.6. The van der Waals surface area contributed by atoms with E-state index in [0.29, 0.717) is 0 Å². The van der Waals surface area contributed by atoms with Crippen LogP contribution in [0.25, 0.3) is 0 Å². The third kappa shape index (κ3) is 52.4. The van der Waals surface area contributed by atoms with Crippen molar-refractivity contribution < 1.29 is 125 Å². The summed E-state index contributed by atoms with van der Waals surface area (Å²) in [6, 6.07) is 0. The number of hydrogen-bond acceptors (Lipinski definition) is 1. The molecule has 0 rings (SSSR count). The second-order valence-corrected chi connectivity index (χ2v) is 1.54. The zero-order valence-corrected chi connectivity index (χ0v) is 13.5. The molecule has 0 fully saturated rings. The van der Waals surface area contributed by atoms with Gasteiger partial charge in [0.05, 0.1) is 0 Å². The summed E-state index contributed by atoms with van der Waals surface area (Å²) in [5.74, 6) is 0. The van der Waals surface area contributed by atoms with Gasteiger partial charge in [0.2, 0.25) is 0 Å². The van der Waals surface area contributed by atoms with Crippen molar-refractivity contribution in [2.24, 2.45) is 0 Å². The van der Waals surface area contributed by atoms with E-state index >= 15 is 0 Å². The summed E-state index contributed by atoms with van der Waals surface area (Å²) in [6.07, 6.45) is 0. The van der Waals surface area contributed by atoms with Gasteiger partial charge in [0.1, 0.15) is 0 Å². The minimum absolute atomic E-state index is 0. The van der Waals surface area contributed by atoms with Crippen LogP contribution in [-0.2, 0) is 4.57 Å². The molecule has 0 bridgehead atoms. The zero-order valence-electron chi connectivity index (χ0n) is 6.90. The molecule has 44 valence electrons. The molecule has 8 heteroatoms. The first kappa shape index (κ1) is 22.6. The molecular weight excluding hydrogens is 204 g/mol. The van der Waals surface area contributed by atoms with Gasteiger partial charge < -0.3 is 17.5 Å². The predicted octanol–water partition coefficient (Wildman–Crippen LogP) is -6.64. The maximum absolute atomic E-state index is 8.88. The van der Waals surface area contributed by atoms with Crippen LogP contribution in [0.15, 0.2) is 0 Å². The van der Waals surface area contributed by atoms with Crippen LogP contribution in [0.4, 0.5) is 0 Å². The van der Waals surface area contributed by atoms with E-state index in [4.69, 9.17) is 19.2 Å². The molecule has 0 aromatic rings. The van der Waals surface area contributed by atoms with Crippen molar-refractivity contribution in [1.29, 1.82) is 0 Å². The summed E-state index contributed by atoms with van der Waals surface area (Å²) < 4.78 is 8.88. The molecule has 4 nitrogen and oxygen atoms in total. The second-order valence-electron chi connectivity index (χ2n) is 0.513. The van der Waals surface area contributed by atoms with Gasteiger partial charge in [-0.3, -0.25) is 0 Å². The van der Waals surface area contributed by atoms with Gasteiger partial charge in [0.15, 0.2) is 0 Å². The molecule has 0 aliphatic rings. The molecule has 0 saturated carbocycles. The van der Waals surface area contributed by atoms with Gasteiger partial charge in [-0.1, -0.05) is 0 Å². The van der Waals surface area contributed by atoms with Crippen molar-refractivity contribution in [3.63, 3.8) is 0 Å². The Bertz CT molecular complexity index is 65.4. The van der Waals surface area contributed by atoms with Crippen LogP contribution in [-0.4, -0.2) is 14.7 Å². The van der Waals surface area contributed by atoms with Crippen molar-refractivity contribution in [2.75, 3.05) is 0 Å². The summed E-state index contributed by atoms with van der Waals surface area (Å²) in [7, 11) is -4.64. The van der Waals surface area contributed by atoms with E-state index in [1.165, 1.54) is 0 Å². The maximum Gasteiger partial charge on any atom is 1.00 e. The van der Waals surface area contributed by atoms with Crippen LogP contribution in [0.5, 0.6) is 0 Å². The van der Waals surface area contributed by atoms with Crippen molar-refractivity contribution in [2.45, 2.75) is 0 Å². The summed E-state index contributed by atoms with van der Waals surface area (Å²) >= 11 is 0. The van der Waals surface area contributed by atoms with Gasteiger partial charge in [0.25, 0.3) is 0 Å². The Labute approximate surface area is 139 Å². The first-order valence-electron chi connectivity index (χ1n) is 0.783. The monoisotopic (exact) mass is 212 g/mol. The second kappa shape index (κ2) is 10.8. The van der Waals surface area contributed by atoms with E-state index in [1.807, 2.05) is 0 Å². The van der Waals surface area contributed by atoms with Gasteiger partial charge in [0, 0.05) is 0 Å². The molecule has 0 radical (unpaired) electrons. The zero-order chi connectivity index (χ0) is 4.50. The van der Waals surface area contributed by atoms with Crippen molar-refractivity contribution in [3.8, 4) is 0 Å². The van der Waals surface area contributed by atoms with Crippen LogP contribution >= 0.6 is 17.7 Å². The fourth-order valence-electron chi connectivity index (χ4n) is 0. The molecule has 1 atom stereocenters. The van der Waals surface area contributed by atoms with Gasteiger partial charge in [-0.2, -0.15) is 9.90 Å². The van der Waals surface area contributed by atoms with E-state index in [0.717, 1.165) is 0 Å². The van der Waals surface area contributed by atoms with Gasteiger partial charge in [-0.25, -0.2) is 4.57 Å². The van der Waals surface area contributed by atoms with Gasteiger partial charge >= 0.3 is 111 Å². The molecule has 0 aliphatic heterocycles. The summed E-state index contributed by atoms with van der Waals surface area (Å²) in [5, 5.41) is 0. The predicted molar refractivity (Wildman–Crippen MR) is 27.6 cm³/mol. The molecule has 0 aromatic carbocycles. The van der Waals surface area contributed by atoms with Crippen LogP contribution in [0.1, 0.15) is 2.85 Å². The van der Waals surface area contributed by atoms with Crippen LogP contribution < -0.4 is 103 Å². The smallest absolute Gasteiger partial charge is 1.00 e. The Kier molecular flexibility index (Phi) is 30.6. The summed E-state index contributed by atoms with van der Waals surface area (Å²) in [6.45, 7) is 0. The molecule has 0 amide bonds. The fraction of sp³-hybridized carbons (Fsp3) is 0. The fourth-order valence-corrected chi connectivity index (χ4v) is 0. The Hall–Kier alpha value is 3.81. The SMILES string of the molecule is O=P(O)(O)O.P.[H-].[H-].[K+].[K+]. The standard InChI is InChI=1S/2K.H3O4P.H3P.2H/c;;1-5(2,3)4;;;/h;;(H3,1,2,3,4);1H3;;/q2*+1;;;2*-1. The average Bonchev–Trinajstić information content (AvgIpc) is 0.722. The molecule has 0 saturated heterocycles. The number of phosphoric acid groups is 1. The normalized spacial score (nSPS) is 7.38. The van der Waals surface area contributed by atoms with Crippen molar-refractivity contribution >= 4 is 17.7 Å². The Morgan fingerprint density at radius 1 is 1.12 bits per heavy atom. The molecular formula is H8K2O4P2. The Balaban J connectivity index is -0.00000000800. The van der Waals surface area contributed by atoms with Gasteiger partial charge in [-0.05, 0) is 0 Å².